The molecule has 1 heterocycles. The Labute approximate surface area is 188 Å². The lowest BCUT2D eigenvalue weighted by Gasteiger charge is -2.22. The van der Waals surface area contributed by atoms with Crippen molar-refractivity contribution in [3.63, 3.8) is 0 Å². The smallest absolute Gasteiger partial charge is 0.319 e. The van der Waals surface area contributed by atoms with Crippen molar-refractivity contribution < 1.29 is 9.59 Å². The van der Waals surface area contributed by atoms with Gasteiger partial charge in [0.05, 0.1) is 11.4 Å². The predicted octanol–water partition coefficient (Wildman–Crippen LogP) is 5.17. The average Bonchev–Trinajstić information content (AvgIpc) is 3.34. The van der Waals surface area contributed by atoms with Gasteiger partial charge in [0.15, 0.2) is 0 Å². The Bertz CT molecular complexity index is 1070. The Morgan fingerprint density at radius 3 is 2.31 bits per heavy atom. The number of hydrogen-bond acceptors (Lipinski definition) is 3. The van der Waals surface area contributed by atoms with Gasteiger partial charge < -0.3 is 20.9 Å². The number of hydrogen-bond donors (Lipinski definition) is 3. The van der Waals surface area contributed by atoms with Crippen molar-refractivity contribution in [1.82, 2.24) is 5.32 Å². The van der Waals surface area contributed by atoms with Crippen molar-refractivity contribution in [1.29, 1.82) is 0 Å². The van der Waals surface area contributed by atoms with Crippen LogP contribution in [0.5, 0.6) is 0 Å². The molecule has 6 heteroatoms. The van der Waals surface area contributed by atoms with E-state index in [1.807, 2.05) is 67.6 Å². The van der Waals surface area contributed by atoms with Crippen LogP contribution in [0.1, 0.15) is 34.3 Å². The van der Waals surface area contributed by atoms with Crippen molar-refractivity contribution in [2.24, 2.45) is 0 Å². The molecule has 3 aromatic carbocycles. The van der Waals surface area contributed by atoms with Gasteiger partial charge in [-0.1, -0.05) is 48.0 Å². The topological polar surface area (TPSA) is 73.5 Å². The summed E-state index contributed by atoms with van der Waals surface area (Å²) in [6, 6.07) is 22.5. The Hall–Kier alpha value is -3.80. The molecule has 4 rings (SSSR count). The van der Waals surface area contributed by atoms with Crippen LogP contribution in [-0.4, -0.2) is 25.0 Å². The molecule has 0 aliphatic carbocycles. The first-order valence-corrected chi connectivity index (χ1v) is 10.9. The number of urea groups is 1. The molecule has 1 fully saturated rings. The molecule has 0 spiro atoms. The van der Waals surface area contributed by atoms with Gasteiger partial charge in [-0.3, -0.25) is 4.79 Å². The molecule has 0 atom stereocenters. The SMILES string of the molecule is Cc1ccc(CNC(=O)Nc2cc(NC(=O)c3ccccc3)ccc2N2CCCC2)cc1. The molecule has 164 valence electrons. The summed E-state index contributed by atoms with van der Waals surface area (Å²) in [6.07, 6.45) is 2.26. The molecule has 0 unspecified atom stereocenters. The molecule has 3 amide bonds. The number of amides is 3. The van der Waals surface area contributed by atoms with Crippen LogP contribution in [0, 0.1) is 6.92 Å². The van der Waals surface area contributed by atoms with Gasteiger partial charge in [0.1, 0.15) is 0 Å². The first-order chi connectivity index (χ1) is 15.6. The van der Waals surface area contributed by atoms with E-state index in [0.717, 1.165) is 37.2 Å². The first kappa shape index (κ1) is 21.4. The van der Waals surface area contributed by atoms with Gasteiger partial charge in [-0.15, -0.1) is 0 Å². The lowest BCUT2D eigenvalue weighted by molar-refractivity contribution is 0.102. The van der Waals surface area contributed by atoms with Gasteiger partial charge in [-0.2, -0.15) is 0 Å². The number of aryl methyl sites for hydroxylation is 1. The highest BCUT2D eigenvalue weighted by molar-refractivity contribution is 6.05. The van der Waals surface area contributed by atoms with Gasteiger partial charge in [-0.05, 0) is 55.7 Å². The minimum absolute atomic E-state index is 0.186. The van der Waals surface area contributed by atoms with Gasteiger partial charge in [0, 0.05) is 30.9 Å². The number of nitrogens with one attached hydrogen (secondary N) is 3. The maximum absolute atomic E-state index is 12.6. The van der Waals surface area contributed by atoms with Crippen LogP contribution in [-0.2, 0) is 6.54 Å². The zero-order chi connectivity index (χ0) is 22.3. The van der Waals surface area contributed by atoms with Crippen molar-refractivity contribution in [3.05, 3.63) is 89.5 Å². The third kappa shape index (κ3) is 5.46. The van der Waals surface area contributed by atoms with Gasteiger partial charge in [0.2, 0.25) is 0 Å². The van der Waals surface area contributed by atoms with Crippen LogP contribution < -0.4 is 20.9 Å². The summed E-state index contributed by atoms with van der Waals surface area (Å²) in [6.45, 7) is 4.38. The zero-order valence-electron chi connectivity index (χ0n) is 18.2. The number of anilines is 3. The number of rotatable bonds is 6. The van der Waals surface area contributed by atoms with Crippen LogP contribution in [0.25, 0.3) is 0 Å². The largest absolute Gasteiger partial charge is 0.370 e. The number of carbonyl (C=O) groups is 2. The summed E-state index contributed by atoms with van der Waals surface area (Å²) < 4.78 is 0. The number of nitrogens with zero attached hydrogens (tertiary/aromatic N) is 1. The number of carbonyl (C=O) groups excluding carboxylic acids is 2. The second-order valence-corrected chi connectivity index (χ2v) is 8.04. The molecule has 3 N–H and O–H groups in total. The van der Waals surface area contributed by atoms with E-state index in [0.29, 0.717) is 23.5 Å². The normalized spacial score (nSPS) is 13.0. The van der Waals surface area contributed by atoms with Crippen molar-refractivity contribution >= 4 is 29.0 Å². The van der Waals surface area contributed by atoms with E-state index in [9.17, 15) is 9.59 Å². The van der Waals surface area contributed by atoms with E-state index in [4.69, 9.17) is 0 Å². The fourth-order valence-corrected chi connectivity index (χ4v) is 3.80. The fraction of sp³-hybridized carbons (Fsp3) is 0.231. The average molecular weight is 429 g/mol. The second kappa shape index (κ2) is 10.0. The fourth-order valence-electron chi connectivity index (χ4n) is 3.80. The van der Waals surface area contributed by atoms with Crippen LogP contribution in [0.4, 0.5) is 21.9 Å². The molecule has 6 nitrogen and oxygen atoms in total. The first-order valence-electron chi connectivity index (χ1n) is 10.9. The molecule has 0 aromatic heterocycles. The third-order valence-corrected chi connectivity index (χ3v) is 5.56. The highest BCUT2D eigenvalue weighted by atomic mass is 16.2. The van der Waals surface area contributed by atoms with Gasteiger partial charge in [-0.25, -0.2) is 4.79 Å². The van der Waals surface area contributed by atoms with E-state index in [1.54, 1.807) is 12.1 Å². The van der Waals surface area contributed by atoms with Crippen LogP contribution in [0.15, 0.2) is 72.8 Å². The van der Waals surface area contributed by atoms with E-state index >= 15 is 0 Å². The van der Waals surface area contributed by atoms with Crippen molar-refractivity contribution in [2.75, 3.05) is 28.6 Å². The highest BCUT2D eigenvalue weighted by Gasteiger charge is 2.18. The minimum Gasteiger partial charge on any atom is -0.370 e. The Morgan fingerprint density at radius 2 is 1.59 bits per heavy atom. The van der Waals surface area contributed by atoms with Crippen LogP contribution >= 0.6 is 0 Å². The molecular weight excluding hydrogens is 400 g/mol. The molecule has 0 bridgehead atoms. The molecule has 0 radical (unpaired) electrons. The predicted molar refractivity (Wildman–Crippen MR) is 129 cm³/mol. The van der Waals surface area contributed by atoms with E-state index in [2.05, 4.69) is 20.9 Å². The Balaban J connectivity index is 1.48. The summed E-state index contributed by atoms with van der Waals surface area (Å²) in [5.74, 6) is -0.186. The van der Waals surface area contributed by atoms with Crippen molar-refractivity contribution in [2.45, 2.75) is 26.3 Å². The van der Waals surface area contributed by atoms with Gasteiger partial charge >= 0.3 is 6.03 Å². The molecule has 1 saturated heterocycles. The molecular formula is C26H28N4O2. The van der Waals surface area contributed by atoms with Gasteiger partial charge in [0.25, 0.3) is 5.91 Å². The molecule has 0 saturated carbocycles. The van der Waals surface area contributed by atoms with Crippen LogP contribution in [0.2, 0.25) is 0 Å². The molecule has 3 aromatic rings. The monoisotopic (exact) mass is 428 g/mol. The minimum atomic E-state index is -0.280. The summed E-state index contributed by atoms with van der Waals surface area (Å²) in [5, 5.41) is 8.82. The molecule has 1 aliphatic rings. The lowest BCUT2D eigenvalue weighted by atomic mass is 10.1. The van der Waals surface area contributed by atoms with E-state index < -0.39 is 0 Å². The van der Waals surface area contributed by atoms with E-state index in [-0.39, 0.29) is 11.9 Å². The summed E-state index contributed by atoms with van der Waals surface area (Å²) in [5.41, 5.74) is 5.08. The van der Waals surface area contributed by atoms with E-state index in [1.165, 1.54) is 5.56 Å². The standard InChI is InChI=1S/C26H28N4O2/c1-19-9-11-20(12-10-19)18-27-26(32)29-23-17-22(13-14-24(23)30-15-5-6-16-30)28-25(31)21-7-3-2-4-8-21/h2-4,7-14,17H,5-6,15-16,18H2,1H3,(H,28,31)(H2,27,29,32). The second-order valence-electron chi connectivity index (χ2n) is 8.04. The maximum atomic E-state index is 12.6. The molecule has 32 heavy (non-hydrogen) atoms. The molecule has 1 aliphatic heterocycles. The summed E-state index contributed by atoms with van der Waals surface area (Å²) >= 11 is 0. The lowest BCUT2D eigenvalue weighted by Crippen LogP contribution is -2.29. The summed E-state index contributed by atoms with van der Waals surface area (Å²) in [4.78, 5) is 27.5. The quantitative estimate of drug-likeness (QED) is 0.507. The van der Waals surface area contributed by atoms with Crippen LogP contribution in [0.3, 0.4) is 0 Å². The summed E-state index contributed by atoms with van der Waals surface area (Å²) in [7, 11) is 0. The van der Waals surface area contributed by atoms with Crippen molar-refractivity contribution in [3.8, 4) is 0 Å². The number of benzene rings is 3. The Morgan fingerprint density at radius 1 is 0.875 bits per heavy atom. The zero-order valence-corrected chi connectivity index (χ0v) is 18.2. The third-order valence-electron chi connectivity index (χ3n) is 5.56. The Kier molecular flexibility index (Phi) is 6.70. The highest BCUT2D eigenvalue weighted by Crippen LogP contribution is 2.32. The maximum Gasteiger partial charge on any atom is 0.319 e.